The zero-order chi connectivity index (χ0) is 24.5. The van der Waals surface area contributed by atoms with Crippen molar-refractivity contribution in [2.24, 2.45) is 4.99 Å². The number of hydrogen-bond acceptors (Lipinski definition) is 4. The van der Waals surface area contributed by atoms with Crippen LogP contribution in [0.4, 0.5) is 8.78 Å². The number of carbonyl (C=O) groups excluding carboxylic acids is 1. The first-order valence-corrected chi connectivity index (χ1v) is 13.1. The maximum atomic E-state index is 14.4. The molecule has 178 valence electrons. The molecule has 1 saturated heterocycles. The number of terminal acetylenes is 1. The first-order valence-electron chi connectivity index (χ1n) is 10.9. The molecule has 4 rings (SSSR count). The molecule has 1 unspecified atom stereocenters. The van der Waals surface area contributed by atoms with Crippen LogP contribution in [0.5, 0.6) is 0 Å². The second-order valence-electron chi connectivity index (χ2n) is 8.02. The number of rotatable bonds is 5. The Morgan fingerprint density at radius 3 is 2.65 bits per heavy atom. The zero-order valence-corrected chi connectivity index (χ0v) is 20.1. The van der Waals surface area contributed by atoms with E-state index in [2.05, 4.69) is 10.9 Å². The van der Waals surface area contributed by atoms with E-state index < -0.39 is 27.6 Å². The highest BCUT2D eigenvalue weighted by Gasteiger charge is 2.32. The van der Waals surface area contributed by atoms with Gasteiger partial charge < -0.3 is 4.57 Å². The molecule has 0 radical (unpaired) electrons. The van der Waals surface area contributed by atoms with E-state index >= 15 is 0 Å². The Morgan fingerprint density at radius 1 is 1.24 bits per heavy atom. The SMILES string of the molecule is C#CCn1c(=NC(=O)c2ccc(S(=O)(=O)N3CCCCC3CC)cc2)sc2cc(F)cc(F)c21. The Kier molecular flexibility index (Phi) is 6.98. The summed E-state index contributed by atoms with van der Waals surface area (Å²) in [6, 6.07) is 7.48. The molecule has 2 aromatic carbocycles. The van der Waals surface area contributed by atoms with Crippen molar-refractivity contribution < 1.29 is 22.0 Å². The van der Waals surface area contributed by atoms with Crippen molar-refractivity contribution in [3.63, 3.8) is 0 Å². The van der Waals surface area contributed by atoms with E-state index in [1.807, 2.05) is 6.92 Å². The predicted molar refractivity (Wildman–Crippen MR) is 127 cm³/mol. The van der Waals surface area contributed by atoms with Crippen LogP contribution >= 0.6 is 11.3 Å². The van der Waals surface area contributed by atoms with Crippen LogP contribution in [0.25, 0.3) is 10.2 Å². The number of thiazole rings is 1. The number of nitrogens with zero attached hydrogens (tertiary/aromatic N) is 3. The molecular weight excluding hydrogens is 480 g/mol. The fraction of sp³-hybridized carbons (Fsp3) is 0.333. The summed E-state index contributed by atoms with van der Waals surface area (Å²) < 4.78 is 57.4. The molecule has 0 saturated carbocycles. The van der Waals surface area contributed by atoms with Crippen molar-refractivity contribution in [1.29, 1.82) is 0 Å². The van der Waals surface area contributed by atoms with Crippen LogP contribution in [0.15, 0.2) is 46.3 Å². The molecule has 0 spiro atoms. The van der Waals surface area contributed by atoms with Gasteiger partial charge in [0.2, 0.25) is 10.0 Å². The van der Waals surface area contributed by atoms with Crippen molar-refractivity contribution in [3.05, 3.63) is 58.4 Å². The molecule has 1 aromatic heterocycles. The van der Waals surface area contributed by atoms with E-state index in [4.69, 9.17) is 6.42 Å². The van der Waals surface area contributed by atoms with Gasteiger partial charge in [-0.15, -0.1) is 6.42 Å². The minimum absolute atomic E-state index is 0.0279. The van der Waals surface area contributed by atoms with Gasteiger partial charge in [0.15, 0.2) is 10.6 Å². The number of aromatic nitrogens is 1. The number of amides is 1. The Morgan fingerprint density at radius 2 is 1.97 bits per heavy atom. The van der Waals surface area contributed by atoms with Gasteiger partial charge in [-0.3, -0.25) is 4.79 Å². The second-order valence-corrected chi connectivity index (χ2v) is 10.9. The van der Waals surface area contributed by atoms with Crippen LogP contribution < -0.4 is 4.80 Å². The Labute approximate surface area is 200 Å². The van der Waals surface area contributed by atoms with Crippen LogP contribution in [0.1, 0.15) is 43.0 Å². The molecule has 1 fully saturated rings. The number of piperidine rings is 1. The van der Waals surface area contributed by atoms with E-state index in [1.54, 1.807) is 4.31 Å². The van der Waals surface area contributed by atoms with E-state index in [-0.39, 0.29) is 38.1 Å². The Hall–Kier alpha value is -2.87. The highest BCUT2D eigenvalue weighted by atomic mass is 32.2. The van der Waals surface area contributed by atoms with Gasteiger partial charge in [0.05, 0.1) is 21.7 Å². The maximum absolute atomic E-state index is 14.4. The monoisotopic (exact) mass is 503 g/mol. The molecule has 0 N–H and O–H groups in total. The summed E-state index contributed by atoms with van der Waals surface area (Å²) in [6.07, 6.45) is 8.80. The number of hydrogen-bond donors (Lipinski definition) is 0. The topological polar surface area (TPSA) is 71.7 Å². The molecular formula is C24H23F2N3O3S2. The van der Waals surface area contributed by atoms with Gasteiger partial charge in [0, 0.05) is 24.2 Å². The molecule has 1 atom stereocenters. The zero-order valence-electron chi connectivity index (χ0n) is 18.5. The quantitative estimate of drug-likeness (QED) is 0.487. The molecule has 3 aromatic rings. The van der Waals surface area contributed by atoms with Gasteiger partial charge >= 0.3 is 0 Å². The first kappa shape index (κ1) is 24.3. The van der Waals surface area contributed by atoms with Gasteiger partial charge in [-0.1, -0.05) is 30.6 Å². The van der Waals surface area contributed by atoms with Gasteiger partial charge in [-0.05, 0) is 49.6 Å². The van der Waals surface area contributed by atoms with Crippen molar-refractivity contribution in [1.82, 2.24) is 8.87 Å². The molecule has 0 bridgehead atoms. The molecule has 2 heterocycles. The fourth-order valence-corrected chi connectivity index (χ4v) is 7.04. The van der Waals surface area contributed by atoms with E-state index in [9.17, 15) is 22.0 Å². The summed E-state index contributed by atoms with van der Waals surface area (Å²) >= 11 is 0.941. The summed E-state index contributed by atoms with van der Waals surface area (Å²) in [6.45, 7) is 2.40. The average Bonchev–Trinajstić information content (AvgIpc) is 3.16. The highest BCUT2D eigenvalue weighted by Crippen LogP contribution is 2.27. The van der Waals surface area contributed by atoms with Gasteiger partial charge in [-0.2, -0.15) is 9.30 Å². The van der Waals surface area contributed by atoms with Gasteiger partial charge in [0.25, 0.3) is 5.91 Å². The maximum Gasteiger partial charge on any atom is 0.279 e. The van der Waals surface area contributed by atoms with Crippen molar-refractivity contribution >= 4 is 37.5 Å². The van der Waals surface area contributed by atoms with Crippen LogP contribution in [0.2, 0.25) is 0 Å². The molecule has 1 aliphatic heterocycles. The Balaban J connectivity index is 1.68. The number of fused-ring (bicyclic) bond motifs is 1. The largest absolute Gasteiger partial charge is 0.302 e. The summed E-state index contributed by atoms with van der Waals surface area (Å²) in [5.74, 6) is 0.200. The Bertz CT molecular complexity index is 1450. The summed E-state index contributed by atoms with van der Waals surface area (Å²) in [4.78, 5) is 17.1. The predicted octanol–water partition coefficient (Wildman–Crippen LogP) is 4.31. The number of benzene rings is 2. The first-order chi connectivity index (χ1) is 16.3. The molecule has 0 aliphatic carbocycles. The highest BCUT2D eigenvalue weighted by molar-refractivity contribution is 7.89. The van der Waals surface area contributed by atoms with Gasteiger partial charge in [-0.25, -0.2) is 17.2 Å². The van der Waals surface area contributed by atoms with Crippen LogP contribution in [-0.2, 0) is 16.6 Å². The van der Waals surface area contributed by atoms with Crippen LogP contribution in [-0.4, -0.2) is 35.8 Å². The van der Waals surface area contributed by atoms with Crippen LogP contribution in [0, 0.1) is 24.0 Å². The minimum atomic E-state index is -3.67. The lowest BCUT2D eigenvalue weighted by Crippen LogP contribution is -2.43. The normalized spacial score (nSPS) is 17.7. The van der Waals surface area contributed by atoms with Crippen molar-refractivity contribution in [3.8, 4) is 12.3 Å². The fourth-order valence-electron chi connectivity index (χ4n) is 4.21. The third-order valence-electron chi connectivity index (χ3n) is 5.89. The minimum Gasteiger partial charge on any atom is -0.302 e. The number of carbonyl (C=O) groups is 1. The van der Waals surface area contributed by atoms with E-state index in [1.165, 1.54) is 28.8 Å². The molecule has 6 nitrogen and oxygen atoms in total. The summed E-state index contributed by atoms with van der Waals surface area (Å²) in [5.41, 5.74) is 0.241. The van der Waals surface area contributed by atoms with E-state index in [0.717, 1.165) is 49.2 Å². The number of halogens is 2. The third-order valence-corrected chi connectivity index (χ3v) is 8.89. The molecule has 34 heavy (non-hydrogen) atoms. The van der Waals surface area contributed by atoms with Gasteiger partial charge in [0.1, 0.15) is 5.82 Å². The molecule has 10 heteroatoms. The summed E-state index contributed by atoms with van der Waals surface area (Å²) in [7, 11) is -3.67. The van der Waals surface area contributed by atoms with Crippen molar-refractivity contribution in [2.45, 2.75) is 50.1 Å². The average molecular weight is 504 g/mol. The lowest BCUT2D eigenvalue weighted by molar-refractivity contribution is 0.0997. The number of sulfonamides is 1. The molecule has 1 amide bonds. The summed E-state index contributed by atoms with van der Waals surface area (Å²) in [5, 5.41) is 0. The van der Waals surface area contributed by atoms with Crippen LogP contribution in [0.3, 0.4) is 0 Å². The lowest BCUT2D eigenvalue weighted by Gasteiger charge is -2.34. The third kappa shape index (κ3) is 4.56. The smallest absolute Gasteiger partial charge is 0.279 e. The second kappa shape index (κ2) is 9.78. The van der Waals surface area contributed by atoms with E-state index in [0.29, 0.717) is 6.54 Å². The lowest BCUT2D eigenvalue weighted by atomic mass is 10.0. The standard InChI is InChI=1S/C24H23F2N3O3S2/c1-3-12-28-22-20(26)14-17(25)15-21(22)33-24(28)27-23(30)16-8-10-19(11-9-16)34(31,32)29-13-6-5-7-18(29)4-2/h1,8-11,14-15,18H,4-7,12-13H2,2H3. The van der Waals surface area contributed by atoms with Crippen molar-refractivity contribution in [2.75, 3.05) is 6.54 Å². The molecule has 1 aliphatic rings.